The maximum atomic E-state index is 12.1. The van der Waals surface area contributed by atoms with E-state index < -0.39 is 29.1 Å². The second-order valence-electron chi connectivity index (χ2n) is 5.78. The zero-order chi connectivity index (χ0) is 14.1. The van der Waals surface area contributed by atoms with E-state index in [0.717, 1.165) is 0 Å². The van der Waals surface area contributed by atoms with E-state index in [1.165, 1.54) is 0 Å². The molecule has 0 bridgehead atoms. The summed E-state index contributed by atoms with van der Waals surface area (Å²) in [6.45, 7) is 11.2. The van der Waals surface area contributed by atoms with Crippen molar-refractivity contribution < 1.29 is 19.2 Å². The van der Waals surface area contributed by atoms with Crippen LogP contribution in [0.3, 0.4) is 0 Å². The highest BCUT2D eigenvalue weighted by atomic mass is 16.7. The molecule has 0 aliphatic carbocycles. The van der Waals surface area contributed by atoms with Crippen molar-refractivity contribution in [2.45, 2.75) is 59.2 Å². The normalized spacial score (nSPS) is 33.4. The predicted molar refractivity (Wildman–Crippen MR) is 66.4 cm³/mol. The van der Waals surface area contributed by atoms with E-state index in [2.05, 4.69) is 0 Å². The van der Waals surface area contributed by atoms with Gasteiger partial charge in [0.15, 0.2) is 0 Å². The number of carbonyl (C=O) groups is 1. The smallest absolute Gasteiger partial charge is 0.323 e. The lowest BCUT2D eigenvalue weighted by molar-refractivity contribution is -0.215. The molecule has 0 aromatic carbocycles. The number of hydroxylamine groups is 2. The third-order valence-electron chi connectivity index (χ3n) is 3.31. The highest BCUT2D eigenvalue weighted by Gasteiger charge is 2.52. The summed E-state index contributed by atoms with van der Waals surface area (Å²) in [5, 5.41) is 1.56. The molecule has 0 unspecified atom stereocenters. The van der Waals surface area contributed by atoms with Crippen molar-refractivity contribution in [1.82, 2.24) is 5.06 Å². The molecule has 0 saturated carbocycles. The Bertz CT molecular complexity index is 336. The molecule has 5 heteroatoms. The van der Waals surface area contributed by atoms with Gasteiger partial charge in [0, 0.05) is 5.54 Å². The van der Waals surface area contributed by atoms with Crippen LogP contribution in [0, 0.1) is 5.41 Å². The summed E-state index contributed by atoms with van der Waals surface area (Å²) in [5.41, 5.74) is -1.42. The fourth-order valence-corrected chi connectivity index (χ4v) is 2.05. The number of rotatable bonds is 3. The highest BCUT2D eigenvalue weighted by Crippen LogP contribution is 2.41. The topological polar surface area (TPSA) is 55.8 Å². The van der Waals surface area contributed by atoms with Crippen molar-refractivity contribution in [1.29, 1.82) is 0 Å². The second kappa shape index (κ2) is 4.97. The molecular weight excluding hydrogens is 234 g/mol. The Morgan fingerprint density at radius 2 is 2.06 bits per heavy atom. The van der Waals surface area contributed by atoms with Gasteiger partial charge in [-0.3, -0.25) is 15.9 Å². The van der Waals surface area contributed by atoms with Gasteiger partial charge >= 0.3 is 5.97 Å². The molecule has 0 spiro atoms. The molecule has 0 aromatic heterocycles. The van der Waals surface area contributed by atoms with Crippen LogP contribution >= 0.6 is 0 Å². The molecule has 1 aliphatic heterocycles. The second-order valence-corrected chi connectivity index (χ2v) is 5.78. The minimum atomic E-state index is -1.01. The SMILES string of the molecule is CCOC(=O)[C@H]1N(C(C)(C)C)O[C@@H](C)[C@]1(C)[C-]=O. The summed E-state index contributed by atoms with van der Waals surface area (Å²) in [4.78, 5) is 29.1. The molecule has 0 N–H and O–H groups in total. The number of esters is 1. The van der Waals surface area contributed by atoms with Crippen LogP contribution in [0.2, 0.25) is 0 Å². The summed E-state index contributed by atoms with van der Waals surface area (Å²) in [5.74, 6) is -0.442. The molecule has 0 aromatic rings. The fraction of sp³-hybridized carbons (Fsp3) is 0.846. The van der Waals surface area contributed by atoms with Crippen molar-refractivity contribution in [3.63, 3.8) is 0 Å². The molecule has 0 radical (unpaired) electrons. The average Bonchev–Trinajstić information content (AvgIpc) is 2.52. The minimum absolute atomic E-state index is 0.274. The monoisotopic (exact) mass is 256 g/mol. The largest absolute Gasteiger partial charge is 0.541 e. The lowest BCUT2D eigenvalue weighted by Gasteiger charge is -2.39. The quantitative estimate of drug-likeness (QED) is 0.565. The van der Waals surface area contributed by atoms with Crippen molar-refractivity contribution in [2.24, 2.45) is 5.41 Å². The van der Waals surface area contributed by atoms with Gasteiger partial charge in [-0.2, -0.15) is 5.06 Å². The molecule has 1 saturated heterocycles. The Morgan fingerprint density at radius 1 is 1.50 bits per heavy atom. The lowest BCUT2D eigenvalue weighted by atomic mass is 9.79. The highest BCUT2D eigenvalue weighted by molar-refractivity contribution is 5.83. The summed E-state index contributed by atoms with van der Waals surface area (Å²) in [7, 11) is 0. The van der Waals surface area contributed by atoms with Crippen LogP contribution in [0.25, 0.3) is 0 Å². The first-order chi connectivity index (χ1) is 8.18. The molecule has 1 rings (SSSR count). The Balaban J connectivity index is 3.15. The van der Waals surface area contributed by atoms with Gasteiger partial charge in [0.2, 0.25) is 0 Å². The van der Waals surface area contributed by atoms with Gasteiger partial charge in [-0.15, -0.1) is 0 Å². The first-order valence-corrected chi connectivity index (χ1v) is 6.20. The zero-order valence-corrected chi connectivity index (χ0v) is 11.9. The van der Waals surface area contributed by atoms with E-state index in [1.54, 1.807) is 25.8 Å². The van der Waals surface area contributed by atoms with Crippen LogP contribution in [-0.4, -0.2) is 41.6 Å². The van der Waals surface area contributed by atoms with Crippen molar-refractivity contribution in [3.05, 3.63) is 0 Å². The lowest BCUT2D eigenvalue weighted by Crippen LogP contribution is -2.53. The first-order valence-electron chi connectivity index (χ1n) is 6.20. The van der Waals surface area contributed by atoms with Gasteiger partial charge < -0.3 is 9.53 Å². The summed E-state index contributed by atoms with van der Waals surface area (Å²) < 4.78 is 5.06. The van der Waals surface area contributed by atoms with Gasteiger partial charge in [0.05, 0.1) is 12.7 Å². The van der Waals surface area contributed by atoms with Gasteiger partial charge in [-0.25, -0.2) is 0 Å². The molecule has 104 valence electrons. The summed E-state index contributed by atoms with van der Waals surface area (Å²) in [6.07, 6.45) is 1.55. The average molecular weight is 256 g/mol. The van der Waals surface area contributed by atoms with Crippen molar-refractivity contribution in [2.75, 3.05) is 6.61 Å². The van der Waals surface area contributed by atoms with E-state index in [1.807, 2.05) is 27.1 Å². The molecule has 0 amide bonds. The minimum Gasteiger partial charge on any atom is -0.541 e. The number of hydrogen-bond acceptors (Lipinski definition) is 5. The number of carbonyl (C=O) groups excluding carboxylic acids is 2. The van der Waals surface area contributed by atoms with E-state index in [4.69, 9.17) is 9.57 Å². The zero-order valence-electron chi connectivity index (χ0n) is 11.9. The van der Waals surface area contributed by atoms with E-state index in [-0.39, 0.29) is 6.61 Å². The molecule has 1 aliphatic rings. The number of hydrogen-bond donors (Lipinski definition) is 0. The van der Waals surface area contributed by atoms with E-state index in [0.29, 0.717) is 0 Å². The standard InChI is InChI=1S/C13H22NO4/c1-7-17-11(16)10-13(6,8-15)9(2)18-14(10)12(3,4)5/h9-10H,7H2,1-6H3/q-1/t9-,10+,13-/m0/s1. The van der Waals surface area contributed by atoms with Crippen LogP contribution in [0.1, 0.15) is 41.5 Å². The van der Waals surface area contributed by atoms with Crippen molar-refractivity contribution >= 4 is 12.3 Å². The third-order valence-corrected chi connectivity index (χ3v) is 3.31. The maximum Gasteiger partial charge on any atom is 0.323 e. The third kappa shape index (κ3) is 2.42. The Hall–Kier alpha value is -0.940. The van der Waals surface area contributed by atoms with E-state index in [9.17, 15) is 9.59 Å². The predicted octanol–water partition coefficient (Wildman–Crippen LogP) is 1.47. The van der Waals surface area contributed by atoms with Crippen LogP contribution < -0.4 is 0 Å². The molecule has 3 atom stereocenters. The summed E-state index contributed by atoms with van der Waals surface area (Å²) >= 11 is 0. The van der Waals surface area contributed by atoms with Crippen LogP contribution in [-0.2, 0) is 19.2 Å². The van der Waals surface area contributed by atoms with Crippen LogP contribution in [0.5, 0.6) is 0 Å². The Morgan fingerprint density at radius 3 is 2.44 bits per heavy atom. The van der Waals surface area contributed by atoms with Gasteiger partial charge in [-0.1, -0.05) is 12.3 Å². The Labute approximate surface area is 108 Å². The number of ether oxygens (including phenoxy) is 1. The van der Waals surface area contributed by atoms with Crippen molar-refractivity contribution in [3.8, 4) is 0 Å². The van der Waals surface area contributed by atoms with Gasteiger partial charge in [0.1, 0.15) is 6.04 Å². The number of nitrogens with zero attached hydrogens (tertiary/aromatic N) is 1. The Kier molecular flexibility index (Phi) is 4.18. The molecule has 5 nitrogen and oxygen atoms in total. The molecular formula is C13H22NO4-. The molecule has 1 fully saturated rings. The van der Waals surface area contributed by atoms with Gasteiger partial charge in [0.25, 0.3) is 0 Å². The molecule has 1 heterocycles. The summed E-state index contributed by atoms with van der Waals surface area (Å²) in [6, 6.07) is -0.759. The van der Waals surface area contributed by atoms with E-state index >= 15 is 0 Å². The maximum absolute atomic E-state index is 12.1. The molecule has 18 heavy (non-hydrogen) atoms. The first kappa shape index (κ1) is 15.1. The van der Waals surface area contributed by atoms with Crippen LogP contribution in [0.4, 0.5) is 0 Å². The fourth-order valence-electron chi connectivity index (χ4n) is 2.05. The van der Waals surface area contributed by atoms with Gasteiger partial charge in [-0.05, 0) is 34.6 Å². The van der Waals surface area contributed by atoms with Crippen LogP contribution in [0.15, 0.2) is 0 Å².